The minimum Gasteiger partial charge on any atom is -0.356 e. The molecule has 0 aliphatic carbocycles. The summed E-state index contributed by atoms with van der Waals surface area (Å²) in [5, 5.41) is 0. The van der Waals surface area contributed by atoms with E-state index in [9.17, 15) is 4.79 Å². The molecule has 23 heavy (non-hydrogen) atoms. The molecule has 2 saturated heterocycles. The van der Waals surface area contributed by atoms with Crippen LogP contribution in [0.1, 0.15) is 44.1 Å². The van der Waals surface area contributed by atoms with E-state index < -0.39 is 0 Å². The van der Waals surface area contributed by atoms with Crippen molar-refractivity contribution in [2.45, 2.75) is 45.4 Å². The Morgan fingerprint density at radius 3 is 2.39 bits per heavy atom. The molecule has 0 N–H and O–H groups in total. The summed E-state index contributed by atoms with van der Waals surface area (Å²) in [6.45, 7) is 5.89. The monoisotopic (exact) mass is 379 g/mol. The first-order valence-corrected chi connectivity index (χ1v) is 9.60. The number of rotatable bonds is 2. The molecule has 0 saturated carbocycles. The van der Waals surface area contributed by atoms with Crippen molar-refractivity contribution in [3.63, 3.8) is 0 Å². The Morgan fingerprint density at radius 1 is 1.13 bits per heavy atom. The summed E-state index contributed by atoms with van der Waals surface area (Å²) in [5.41, 5.74) is 1.19. The van der Waals surface area contributed by atoms with Crippen molar-refractivity contribution >= 4 is 27.7 Å². The van der Waals surface area contributed by atoms with Gasteiger partial charge in [0, 0.05) is 42.8 Å². The second-order valence-corrected chi connectivity index (χ2v) is 7.71. The number of piperidine rings is 1. The zero-order valence-electron chi connectivity index (χ0n) is 13.9. The van der Waals surface area contributed by atoms with E-state index >= 15 is 0 Å². The van der Waals surface area contributed by atoms with Gasteiger partial charge in [-0.3, -0.25) is 4.79 Å². The summed E-state index contributed by atoms with van der Waals surface area (Å²) in [7, 11) is 0. The quantitative estimate of drug-likeness (QED) is 0.784. The van der Waals surface area contributed by atoms with Crippen LogP contribution in [0, 0.1) is 12.8 Å². The average Bonchev–Trinajstić information content (AvgIpc) is 2.84. The fourth-order valence-corrected chi connectivity index (χ4v) is 4.20. The van der Waals surface area contributed by atoms with Crippen LogP contribution in [0.25, 0.3) is 0 Å². The van der Waals surface area contributed by atoms with E-state index in [-0.39, 0.29) is 5.92 Å². The molecule has 0 aromatic carbocycles. The lowest BCUT2D eigenvalue weighted by Crippen LogP contribution is -2.43. The van der Waals surface area contributed by atoms with Crippen LogP contribution in [0.5, 0.6) is 0 Å². The van der Waals surface area contributed by atoms with Crippen LogP contribution in [-0.2, 0) is 4.79 Å². The van der Waals surface area contributed by atoms with E-state index in [0.717, 1.165) is 49.3 Å². The highest BCUT2D eigenvalue weighted by Crippen LogP contribution is 2.27. The van der Waals surface area contributed by atoms with E-state index in [1.165, 1.54) is 31.2 Å². The van der Waals surface area contributed by atoms with E-state index in [4.69, 9.17) is 0 Å². The predicted octanol–water partition coefficient (Wildman–Crippen LogP) is 3.77. The molecule has 0 unspecified atom stereocenters. The molecule has 2 fully saturated rings. The maximum absolute atomic E-state index is 12.7. The molecule has 5 heteroatoms. The molecule has 1 aromatic rings. The lowest BCUT2D eigenvalue weighted by molar-refractivity contribution is -0.136. The molecule has 0 spiro atoms. The van der Waals surface area contributed by atoms with Crippen LogP contribution in [0.15, 0.2) is 16.7 Å². The first kappa shape index (κ1) is 16.7. The maximum atomic E-state index is 12.7. The van der Waals surface area contributed by atoms with Crippen LogP contribution >= 0.6 is 15.9 Å². The van der Waals surface area contributed by atoms with Gasteiger partial charge in [-0.15, -0.1) is 0 Å². The third kappa shape index (κ3) is 4.06. The Morgan fingerprint density at radius 2 is 1.78 bits per heavy atom. The predicted molar refractivity (Wildman–Crippen MR) is 96.7 cm³/mol. The topological polar surface area (TPSA) is 36.4 Å². The molecule has 1 aromatic heterocycles. The van der Waals surface area contributed by atoms with Crippen molar-refractivity contribution in [2.75, 3.05) is 31.1 Å². The van der Waals surface area contributed by atoms with Gasteiger partial charge in [0.2, 0.25) is 5.91 Å². The van der Waals surface area contributed by atoms with Crippen LogP contribution < -0.4 is 4.90 Å². The Balaban J connectivity index is 1.58. The molecule has 3 heterocycles. The minimum absolute atomic E-state index is 0.208. The summed E-state index contributed by atoms with van der Waals surface area (Å²) in [5.74, 6) is 1.67. The number of pyridine rings is 1. The number of carbonyl (C=O) groups excluding carboxylic acids is 1. The number of hydrogen-bond acceptors (Lipinski definition) is 3. The first-order chi connectivity index (χ1) is 11.1. The van der Waals surface area contributed by atoms with Crippen LogP contribution in [0.3, 0.4) is 0 Å². The highest BCUT2D eigenvalue weighted by molar-refractivity contribution is 9.10. The number of likely N-dealkylation sites (tertiary alicyclic amines) is 1. The van der Waals surface area contributed by atoms with Crippen LogP contribution in [0.2, 0.25) is 0 Å². The van der Waals surface area contributed by atoms with Gasteiger partial charge >= 0.3 is 0 Å². The Hall–Kier alpha value is -1.10. The van der Waals surface area contributed by atoms with Crippen LogP contribution in [-0.4, -0.2) is 42.0 Å². The zero-order chi connectivity index (χ0) is 16.2. The van der Waals surface area contributed by atoms with Gasteiger partial charge < -0.3 is 9.80 Å². The molecule has 2 aliphatic rings. The van der Waals surface area contributed by atoms with Crippen molar-refractivity contribution in [3.8, 4) is 0 Å². The minimum atomic E-state index is 0.208. The molecule has 4 nitrogen and oxygen atoms in total. The molecule has 0 atom stereocenters. The maximum Gasteiger partial charge on any atom is 0.225 e. The average molecular weight is 380 g/mol. The van der Waals surface area contributed by atoms with Gasteiger partial charge in [-0.1, -0.05) is 12.8 Å². The molecule has 1 amide bonds. The van der Waals surface area contributed by atoms with E-state index in [0.29, 0.717) is 5.91 Å². The van der Waals surface area contributed by atoms with E-state index in [2.05, 4.69) is 43.7 Å². The number of nitrogens with zero attached hydrogens (tertiary/aromatic N) is 3. The molecular weight excluding hydrogens is 354 g/mol. The number of halogens is 1. The van der Waals surface area contributed by atoms with Crippen molar-refractivity contribution in [3.05, 3.63) is 22.3 Å². The first-order valence-electron chi connectivity index (χ1n) is 8.81. The summed E-state index contributed by atoms with van der Waals surface area (Å²) in [6, 6.07) is 2.11. The summed E-state index contributed by atoms with van der Waals surface area (Å²) < 4.78 is 1.02. The molecule has 3 rings (SSSR count). The lowest BCUT2D eigenvalue weighted by Gasteiger charge is -2.35. The number of aryl methyl sites for hydroxylation is 1. The number of carbonyl (C=O) groups is 1. The second kappa shape index (κ2) is 7.65. The van der Waals surface area contributed by atoms with E-state index in [1.54, 1.807) is 0 Å². The Bertz CT molecular complexity index is 547. The summed E-state index contributed by atoms with van der Waals surface area (Å²) in [6.07, 6.45) is 8.66. The summed E-state index contributed by atoms with van der Waals surface area (Å²) in [4.78, 5) is 21.8. The van der Waals surface area contributed by atoms with Gasteiger partial charge in [0.15, 0.2) is 0 Å². The van der Waals surface area contributed by atoms with Gasteiger partial charge in [0.1, 0.15) is 5.82 Å². The third-order valence-electron chi connectivity index (χ3n) is 5.08. The van der Waals surface area contributed by atoms with Crippen molar-refractivity contribution in [1.29, 1.82) is 0 Å². The zero-order valence-corrected chi connectivity index (χ0v) is 15.5. The van der Waals surface area contributed by atoms with Gasteiger partial charge in [0.25, 0.3) is 0 Å². The van der Waals surface area contributed by atoms with Gasteiger partial charge in [-0.2, -0.15) is 0 Å². The highest BCUT2D eigenvalue weighted by Gasteiger charge is 2.29. The normalized spacial score (nSPS) is 20.4. The van der Waals surface area contributed by atoms with Gasteiger partial charge in [0.05, 0.1) is 0 Å². The number of hydrogen-bond donors (Lipinski definition) is 0. The van der Waals surface area contributed by atoms with E-state index in [1.807, 2.05) is 6.20 Å². The standard InChI is InChI=1S/C18H26BrN3O/c1-14-12-16(19)13-20-17(14)21-10-6-15(7-11-21)18(23)22-8-4-2-3-5-9-22/h12-13,15H,2-11H2,1H3. The fourth-order valence-electron chi connectivity index (χ4n) is 3.75. The lowest BCUT2D eigenvalue weighted by atomic mass is 9.95. The summed E-state index contributed by atoms with van der Waals surface area (Å²) >= 11 is 3.47. The fraction of sp³-hybridized carbons (Fsp3) is 0.667. The number of amides is 1. The molecular formula is C18H26BrN3O. The van der Waals surface area contributed by atoms with Gasteiger partial charge in [-0.05, 0) is 60.2 Å². The molecule has 126 valence electrons. The molecule has 0 radical (unpaired) electrons. The third-order valence-corrected chi connectivity index (χ3v) is 5.51. The molecule has 2 aliphatic heterocycles. The largest absolute Gasteiger partial charge is 0.356 e. The Labute approximate surface area is 147 Å². The number of anilines is 1. The SMILES string of the molecule is Cc1cc(Br)cnc1N1CCC(C(=O)N2CCCCCC2)CC1. The van der Waals surface area contributed by atoms with Crippen LogP contribution in [0.4, 0.5) is 5.82 Å². The number of aromatic nitrogens is 1. The molecule has 0 bridgehead atoms. The van der Waals surface area contributed by atoms with Crippen molar-refractivity contribution in [2.24, 2.45) is 5.92 Å². The highest BCUT2D eigenvalue weighted by atomic mass is 79.9. The smallest absolute Gasteiger partial charge is 0.225 e. The van der Waals surface area contributed by atoms with Crippen molar-refractivity contribution < 1.29 is 4.79 Å². The van der Waals surface area contributed by atoms with Gasteiger partial charge in [-0.25, -0.2) is 4.98 Å². The van der Waals surface area contributed by atoms with Crippen molar-refractivity contribution in [1.82, 2.24) is 9.88 Å². The second-order valence-electron chi connectivity index (χ2n) is 6.79. The Kier molecular flexibility index (Phi) is 5.57.